The summed E-state index contributed by atoms with van der Waals surface area (Å²) in [6.07, 6.45) is 1.54. The molecular weight excluding hydrogens is 624 g/mol. The van der Waals surface area contributed by atoms with Crippen LogP contribution in [0.1, 0.15) is 97.4 Å². The molecule has 0 bridgehead atoms. The van der Waals surface area contributed by atoms with Gasteiger partial charge >= 0.3 is 0 Å². The van der Waals surface area contributed by atoms with Gasteiger partial charge in [-0.15, -0.1) is 0 Å². The van der Waals surface area contributed by atoms with E-state index in [4.69, 9.17) is 0 Å². The van der Waals surface area contributed by atoms with Crippen molar-refractivity contribution in [2.24, 2.45) is 11.8 Å². The van der Waals surface area contributed by atoms with Crippen LogP contribution in [0.4, 0.5) is 11.4 Å². The Morgan fingerprint density at radius 1 is 0.580 bits per heavy atom. The van der Waals surface area contributed by atoms with E-state index in [2.05, 4.69) is 62.6 Å². The molecule has 0 radical (unpaired) electrons. The van der Waals surface area contributed by atoms with Crippen LogP contribution in [-0.4, -0.2) is 35.7 Å². The summed E-state index contributed by atoms with van der Waals surface area (Å²) < 4.78 is 0. The van der Waals surface area contributed by atoms with Gasteiger partial charge in [-0.2, -0.15) is 0 Å². The number of nitrogens with one attached hydrogen (secondary N) is 2. The number of nitrogens with zero attached hydrogens (tertiary/aromatic N) is 2. The van der Waals surface area contributed by atoms with E-state index in [1.807, 2.05) is 70.5 Å². The van der Waals surface area contributed by atoms with Gasteiger partial charge in [0.2, 0.25) is 11.8 Å². The maximum Gasteiger partial charge on any atom is 0.251 e. The molecule has 0 saturated heterocycles. The van der Waals surface area contributed by atoms with Gasteiger partial charge < -0.3 is 10.6 Å². The molecule has 50 heavy (non-hydrogen) atoms. The molecule has 0 aliphatic carbocycles. The van der Waals surface area contributed by atoms with Crippen molar-refractivity contribution in [3.63, 3.8) is 0 Å². The Morgan fingerprint density at radius 2 is 0.980 bits per heavy atom. The zero-order chi connectivity index (χ0) is 35.3. The average molecular weight is 667 g/mol. The fourth-order valence-corrected chi connectivity index (χ4v) is 9.69. The van der Waals surface area contributed by atoms with Crippen LogP contribution in [-0.2, 0) is 20.7 Å². The number of hydrogen-bond donors (Lipinski definition) is 2. The molecular formula is C42H42N4O4. The minimum Gasteiger partial charge on any atom is -0.346 e. The molecule has 8 nitrogen and oxygen atoms in total. The van der Waals surface area contributed by atoms with E-state index in [0.29, 0.717) is 22.5 Å². The number of benzene rings is 4. The van der Waals surface area contributed by atoms with E-state index in [-0.39, 0.29) is 35.5 Å². The molecule has 4 aromatic carbocycles. The molecule has 8 rings (SSSR count). The predicted molar refractivity (Wildman–Crippen MR) is 194 cm³/mol. The quantitative estimate of drug-likeness (QED) is 0.248. The average Bonchev–Trinajstić information content (AvgIpc) is 3.12. The number of amides is 4. The van der Waals surface area contributed by atoms with Crippen LogP contribution in [0.2, 0.25) is 0 Å². The van der Waals surface area contributed by atoms with Crippen molar-refractivity contribution in [3.05, 3.63) is 118 Å². The monoisotopic (exact) mass is 666 g/mol. The lowest BCUT2D eigenvalue weighted by atomic mass is 9.60. The summed E-state index contributed by atoms with van der Waals surface area (Å²) >= 11 is 0. The number of carbonyl (C=O) groups is 4. The van der Waals surface area contributed by atoms with Gasteiger partial charge in [-0.25, -0.2) is 0 Å². The maximum absolute atomic E-state index is 14.6. The summed E-state index contributed by atoms with van der Waals surface area (Å²) in [5.74, 6) is -0.713. The van der Waals surface area contributed by atoms with Gasteiger partial charge in [0.15, 0.2) is 0 Å². The molecule has 2 N–H and O–H groups in total. The van der Waals surface area contributed by atoms with E-state index < -0.39 is 23.2 Å². The number of anilines is 2. The minimum atomic E-state index is -1.12. The van der Waals surface area contributed by atoms with E-state index >= 15 is 0 Å². The van der Waals surface area contributed by atoms with Crippen molar-refractivity contribution < 1.29 is 19.2 Å². The Hall–Kier alpha value is -5.24. The largest absolute Gasteiger partial charge is 0.346 e. The summed E-state index contributed by atoms with van der Waals surface area (Å²) in [6, 6.07) is 26.6. The van der Waals surface area contributed by atoms with Crippen molar-refractivity contribution >= 4 is 35.0 Å². The van der Waals surface area contributed by atoms with Crippen molar-refractivity contribution in [1.29, 1.82) is 0 Å². The summed E-state index contributed by atoms with van der Waals surface area (Å²) in [6.45, 7) is 11.6. The second kappa shape index (κ2) is 11.1. The second-order valence-corrected chi connectivity index (χ2v) is 14.4. The van der Waals surface area contributed by atoms with Crippen LogP contribution in [0.5, 0.6) is 0 Å². The van der Waals surface area contributed by atoms with Crippen LogP contribution >= 0.6 is 0 Å². The van der Waals surface area contributed by atoms with Gasteiger partial charge in [-0.3, -0.25) is 29.0 Å². The number of fused-ring (bicyclic) bond motifs is 11. The summed E-state index contributed by atoms with van der Waals surface area (Å²) in [5, 5.41) is 6.68. The second-order valence-electron chi connectivity index (χ2n) is 14.4. The standard InChI is InChI=1S/C42H42N4O4/c1-7-23(3)37-41(32-19-13-10-16-29(32)39(49)43-37)31-18-12-9-15-27(31)28-21-22-34-36(35(28)45(41)25(5)47)46(26(6)48)42(34)33-20-14-11-17-30(33)40(50)44-38(42)24(4)8-2/h9-24,37-38H,7-8H2,1-6H3,(H,43,49)(H,44,50)/t23?,24?,37-,38-,41-,42-/m0/s1. The maximum atomic E-state index is 14.6. The summed E-state index contributed by atoms with van der Waals surface area (Å²) in [7, 11) is 0. The predicted octanol–water partition coefficient (Wildman–Crippen LogP) is 6.89. The first kappa shape index (κ1) is 32.0. The fraction of sp³-hybridized carbons (Fsp3) is 0.333. The Morgan fingerprint density at radius 3 is 1.44 bits per heavy atom. The van der Waals surface area contributed by atoms with Gasteiger partial charge in [0.1, 0.15) is 11.1 Å². The smallest absolute Gasteiger partial charge is 0.251 e. The molecule has 4 aliphatic heterocycles. The Balaban J connectivity index is 1.53. The highest BCUT2D eigenvalue weighted by Crippen LogP contribution is 2.66. The van der Waals surface area contributed by atoms with Crippen LogP contribution in [0.25, 0.3) is 11.1 Å². The molecule has 8 heteroatoms. The number of carbonyl (C=O) groups excluding carboxylic acids is 4. The number of hydrogen-bond acceptors (Lipinski definition) is 4. The SMILES string of the molecule is CCC(C)[C@@H]1NC(=O)c2ccccc2[C@@]12c1ccccc1-c1ccc3c(c1N2C(C)=O)N(C(C)=O)[C@@]31c2ccccc2C(=O)N[C@H]1C(C)CC. The van der Waals surface area contributed by atoms with Gasteiger partial charge in [0.25, 0.3) is 11.8 Å². The lowest BCUT2D eigenvalue weighted by molar-refractivity contribution is -0.119. The molecule has 0 saturated carbocycles. The van der Waals surface area contributed by atoms with Crippen molar-refractivity contribution in [2.75, 3.05) is 9.80 Å². The molecule has 4 aliphatic rings. The summed E-state index contributed by atoms with van der Waals surface area (Å²) in [5.41, 5.74) is 5.40. The first-order valence-electron chi connectivity index (χ1n) is 17.8. The zero-order valence-corrected chi connectivity index (χ0v) is 29.3. The van der Waals surface area contributed by atoms with Gasteiger partial charge in [-0.1, -0.05) is 113 Å². The highest BCUT2D eigenvalue weighted by atomic mass is 16.2. The molecule has 0 fully saturated rings. The van der Waals surface area contributed by atoms with Crippen LogP contribution < -0.4 is 20.4 Å². The van der Waals surface area contributed by atoms with Crippen LogP contribution in [0.3, 0.4) is 0 Å². The molecule has 254 valence electrons. The Kier molecular flexibility index (Phi) is 7.13. The van der Waals surface area contributed by atoms with Crippen molar-refractivity contribution in [1.82, 2.24) is 10.6 Å². The molecule has 4 heterocycles. The molecule has 2 spiro atoms. The van der Waals surface area contributed by atoms with E-state index in [0.717, 1.165) is 46.2 Å². The third-order valence-electron chi connectivity index (χ3n) is 12.0. The topological polar surface area (TPSA) is 98.8 Å². The third kappa shape index (κ3) is 3.76. The minimum absolute atomic E-state index is 0.0181. The summed E-state index contributed by atoms with van der Waals surface area (Å²) in [4.78, 5) is 60.1. The van der Waals surface area contributed by atoms with Gasteiger partial charge in [0.05, 0.1) is 23.5 Å². The van der Waals surface area contributed by atoms with E-state index in [1.54, 1.807) is 13.8 Å². The number of rotatable bonds is 4. The molecule has 4 amide bonds. The van der Waals surface area contributed by atoms with Gasteiger partial charge in [0, 0.05) is 36.1 Å². The first-order chi connectivity index (χ1) is 24.1. The normalized spacial score (nSPS) is 25.2. The van der Waals surface area contributed by atoms with Crippen molar-refractivity contribution in [2.45, 2.75) is 77.5 Å². The highest BCUT2D eigenvalue weighted by Gasteiger charge is 2.66. The van der Waals surface area contributed by atoms with E-state index in [9.17, 15) is 19.2 Å². The molecule has 2 unspecified atom stereocenters. The Labute approximate surface area is 292 Å². The molecule has 4 aromatic rings. The van der Waals surface area contributed by atoms with Crippen molar-refractivity contribution in [3.8, 4) is 11.1 Å². The third-order valence-corrected chi connectivity index (χ3v) is 12.0. The highest BCUT2D eigenvalue weighted by molar-refractivity contribution is 6.16. The lowest BCUT2D eigenvalue weighted by Gasteiger charge is -2.63. The molecule has 6 atom stereocenters. The van der Waals surface area contributed by atoms with Crippen LogP contribution in [0.15, 0.2) is 84.9 Å². The lowest BCUT2D eigenvalue weighted by Crippen LogP contribution is -2.73. The fourth-order valence-electron chi connectivity index (χ4n) is 9.69. The molecule has 0 aromatic heterocycles. The van der Waals surface area contributed by atoms with Crippen LogP contribution in [0, 0.1) is 11.8 Å². The van der Waals surface area contributed by atoms with E-state index in [1.165, 1.54) is 0 Å². The zero-order valence-electron chi connectivity index (χ0n) is 29.3. The van der Waals surface area contributed by atoms with Gasteiger partial charge in [-0.05, 0) is 46.2 Å². The Bertz CT molecular complexity index is 2140. The first-order valence-corrected chi connectivity index (χ1v) is 17.8.